The minimum absolute atomic E-state index is 0.0558. The molecule has 1 atom stereocenters. The van der Waals surface area contributed by atoms with E-state index in [1.807, 2.05) is 46.3 Å². The Hall–Kier alpha value is -2.09. The van der Waals surface area contributed by atoms with Gasteiger partial charge >= 0.3 is 0 Å². The van der Waals surface area contributed by atoms with Crippen molar-refractivity contribution in [1.82, 2.24) is 4.57 Å². The molecule has 130 valence electrons. The van der Waals surface area contributed by atoms with Gasteiger partial charge in [-0.25, -0.2) is 0 Å². The first kappa shape index (κ1) is 17.3. The van der Waals surface area contributed by atoms with Crippen molar-refractivity contribution >= 4 is 40.3 Å². The molecule has 2 nitrogen and oxygen atoms in total. The fraction of sp³-hybridized carbons (Fsp3) is 0.227. The lowest BCUT2D eigenvalue weighted by Gasteiger charge is -2.25. The van der Waals surface area contributed by atoms with Crippen LogP contribution in [-0.2, 0) is 0 Å². The van der Waals surface area contributed by atoms with Gasteiger partial charge in [0.15, 0.2) is 0 Å². The van der Waals surface area contributed by atoms with Crippen molar-refractivity contribution in [3.63, 3.8) is 0 Å². The Kier molecular flexibility index (Phi) is 4.84. The Morgan fingerprint density at radius 1 is 1.23 bits per heavy atom. The Labute approximate surface area is 162 Å². The highest BCUT2D eigenvalue weighted by atomic mass is 32.2. The van der Waals surface area contributed by atoms with Crippen LogP contribution in [0.3, 0.4) is 0 Å². The average Bonchev–Trinajstić information content (AvgIpc) is 3.01. The van der Waals surface area contributed by atoms with Crippen LogP contribution in [0.1, 0.15) is 34.7 Å². The summed E-state index contributed by atoms with van der Waals surface area (Å²) in [6, 6.07) is 16.6. The van der Waals surface area contributed by atoms with Gasteiger partial charge in [0.2, 0.25) is 5.91 Å². The highest BCUT2D eigenvalue weighted by molar-refractivity contribution is 8.16. The number of para-hydroxylation sites is 1. The van der Waals surface area contributed by atoms with E-state index in [0.717, 1.165) is 35.4 Å². The number of hydrogen-bond acceptors (Lipinski definition) is 3. The summed E-state index contributed by atoms with van der Waals surface area (Å²) in [6.07, 6.45) is 7.22. The summed E-state index contributed by atoms with van der Waals surface area (Å²) < 4.78 is 2.15. The zero-order chi connectivity index (χ0) is 18.1. The standard InChI is InChI=1S/C22H19NOS2/c1-3-4-9-14-25-22-20-16-10-5-7-12-18(16)23(15(2)24)21(20)17-11-6-8-13-19(17)26-22/h1,5-8,10-13,22H,4,9,14H2,2H3. The van der Waals surface area contributed by atoms with Gasteiger partial charge in [0.1, 0.15) is 0 Å². The molecule has 0 saturated carbocycles. The normalized spacial score (nSPS) is 15.3. The van der Waals surface area contributed by atoms with Gasteiger partial charge in [-0.1, -0.05) is 36.4 Å². The van der Waals surface area contributed by atoms with E-state index < -0.39 is 0 Å². The van der Waals surface area contributed by atoms with E-state index in [9.17, 15) is 4.79 Å². The Balaban J connectivity index is 1.92. The molecule has 4 heteroatoms. The number of carbonyl (C=O) groups excluding carboxylic acids is 1. The summed E-state index contributed by atoms with van der Waals surface area (Å²) >= 11 is 3.81. The van der Waals surface area contributed by atoms with Crippen molar-refractivity contribution in [3.8, 4) is 23.6 Å². The number of terminal acetylenes is 1. The molecular formula is C22H19NOS2. The summed E-state index contributed by atoms with van der Waals surface area (Å²) in [7, 11) is 0. The summed E-state index contributed by atoms with van der Waals surface area (Å²) in [5.41, 5.74) is 4.48. The summed E-state index contributed by atoms with van der Waals surface area (Å²) in [5.74, 6) is 3.79. The van der Waals surface area contributed by atoms with Crippen LogP contribution in [0, 0.1) is 12.3 Å². The predicted octanol–water partition coefficient (Wildman–Crippen LogP) is 6.22. The van der Waals surface area contributed by atoms with Crippen molar-refractivity contribution in [2.24, 2.45) is 0 Å². The van der Waals surface area contributed by atoms with Crippen molar-refractivity contribution < 1.29 is 4.79 Å². The number of nitrogens with zero attached hydrogens (tertiary/aromatic N) is 1. The Morgan fingerprint density at radius 3 is 2.81 bits per heavy atom. The second-order valence-corrected chi connectivity index (χ2v) is 8.92. The number of unbranched alkanes of at least 4 members (excludes halogenated alkanes) is 1. The number of benzene rings is 2. The quantitative estimate of drug-likeness (QED) is 0.398. The van der Waals surface area contributed by atoms with Gasteiger partial charge < -0.3 is 0 Å². The molecule has 0 radical (unpaired) electrons. The van der Waals surface area contributed by atoms with Crippen molar-refractivity contribution in [2.75, 3.05) is 5.75 Å². The zero-order valence-corrected chi connectivity index (χ0v) is 16.2. The summed E-state index contributed by atoms with van der Waals surface area (Å²) in [6.45, 7) is 1.64. The van der Waals surface area contributed by atoms with Gasteiger partial charge in [-0.2, -0.15) is 0 Å². The fourth-order valence-corrected chi connectivity index (χ4v) is 6.36. The second-order valence-electron chi connectivity index (χ2n) is 6.26. The van der Waals surface area contributed by atoms with Crippen LogP contribution in [0.5, 0.6) is 0 Å². The van der Waals surface area contributed by atoms with Gasteiger partial charge in [0.05, 0.1) is 15.8 Å². The first-order chi connectivity index (χ1) is 12.7. The Bertz CT molecular complexity index is 1030. The maximum Gasteiger partial charge on any atom is 0.228 e. The van der Waals surface area contributed by atoms with Crippen LogP contribution < -0.4 is 0 Å². The number of fused-ring (bicyclic) bond motifs is 5. The van der Waals surface area contributed by atoms with E-state index in [0.29, 0.717) is 0 Å². The lowest BCUT2D eigenvalue weighted by atomic mass is 10.1. The van der Waals surface area contributed by atoms with E-state index in [1.54, 1.807) is 6.92 Å². The molecule has 3 aromatic rings. The van der Waals surface area contributed by atoms with E-state index in [2.05, 4.69) is 36.3 Å². The number of hydrogen-bond donors (Lipinski definition) is 0. The minimum Gasteiger partial charge on any atom is -0.280 e. The number of aromatic nitrogens is 1. The van der Waals surface area contributed by atoms with Gasteiger partial charge in [-0.05, 0) is 24.3 Å². The molecule has 0 saturated heterocycles. The van der Waals surface area contributed by atoms with E-state index in [4.69, 9.17) is 6.42 Å². The first-order valence-electron chi connectivity index (χ1n) is 8.67. The smallest absolute Gasteiger partial charge is 0.228 e. The van der Waals surface area contributed by atoms with Crippen LogP contribution in [0.4, 0.5) is 0 Å². The fourth-order valence-electron chi connectivity index (χ4n) is 3.52. The molecule has 2 heterocycles. The molecule has 4 rings (SSSR count). The molecule has 0 aliphatic carbocycles. The van der Waals surface area contributed by atoms with Gasteiger partial charge in [0.25, 0.3) is 0 Å². The molecule has 1 aliphatic heterocycles. The van der Waals surface area contributed by atoms with Gasteiger partial charge in [-0.3, -0.25) is 9.36 Å². The Morgan fingerprint density at radius 2 is 2.00 bits per heavy atom. The lowest BCUT2D eigenvalue weighted by molar-refractivity contribution is 0.0943. The lowest BCUT2D eigenvalue weighted by Crippen LogP contribution is -2.10. The van der Waals surface area contributed by atoms with Crippen LogP contribution in [0.2, 0.25) is 0 Å². The molecule has 0 N–H and O–H groups in total. The highest BCUT2D eigenvalue weighted by Crippen LogP contribution is 2.56. The van der Waals surface area contributed by atoms with Crippen molar-refractivity contribution in [1.29, 1.82) is 0 Å². The van der Waals surface area contributed by atoms with Crippen molar-refractivity contribution in [3.05, 3.63) is 54.1 Å². The third kappa shape index (κ3) is 2.86. The van der Waals surface area contributed by atoms with Crippen LogP contribution >= 0.6 is 23.5 Å². The molecule has 0 amide bonds. The van der Waals surface area contributed by atoms with Crippen LogP contribution in [0.15, 0.2) is 53.4 Å². The molecule has 1 aromatic heterocycles. The van der Waals surface area contributed by atoms with E-state index >= 15 is 0 Å². The van der Waals surface area contributed by atoms with Crippen LogP contribution in [0.25, 0.3) is 22.2 Å². The third-order valence-electron chi connectivity index (χ3n) is 4.58. The first-order valence-corrected chi connectivity index (χ1v) is 10.6. The van der Waals surface area contributed by atoms with Crippen LogP contribution in [-0.4, -0.2) is 16.2 Å². The van der Waals surface area contributed by atoms with E-state index in [-0.39, 0.29) is 10.5 Å². The molecule has 26 heavy (non-hydrogen) atoms. The maximum absolute atomic E-state index is 12.5. The average molecular weight is 378 g/mol. The topological polar surface area (TPSA) is 22.0 Å². The molecule has 2 aromatic carbocycles. The SMILES string of the molecule is C#CCCCSC1Sc2ccccc2-c2c1c1ccccc1n2C(C)=O. The molecule has 0 spiro atoms. The minimum atomic E-state index is 0.0558. The van der Waals surface area contributed by atoms with Gasteiger partial charge in [0, 0.05) is 34.8 Å². The third-order valence-corrected chi connectivity index (χ3v) is 7.39. The van der Waals surface area contributed by atoms with Crippen molar-refractivity contribution in [2.45, 2.75) is 29.2 Å². The van der Waals surface area contributed by atoms with E-state index in [1.165, 1.54) is 15.8 Å². The van der Waals surface area contributed by atoms with Gasteiger partial charge in [-0.15, -0.1) is 35.9 Å². The monoisotopic (exact) mass is 377 g/mol. The highest BCUT2D eigenvalue weighted by Gasteiger charge is 2.32. The molecule has 1 aliphatic rings. The number of rotatable bonds is 4. The summed E-state index contributed by atoms with van der Waals surface area (Å²) in [4.78, 5) is 13.8. The largest absolute Gasteiger partial charge is 0.280 e. The predicted molar refractivity (Wildman–Crippen MR) is 113 cm³/mol. The molecule has 1 unspecified atom stereocenters. The number of thioether (sulfide) groups is 2. The molecule has 0 bridgehead atoms. The zero-order valence-electron chi connectivity index (χ0n) is 14.6. The maximum atomic E-state index is 12.5. The molecule has 0 fully saturated rings. The second kappa shape index (κ2) is 7.26. The summed E-state index contributed by atoms with van der Waals surface area (Å²) in [5, 5.41) is 1.18. The molecular weight excluding hydrogens is 358 g/mol. The number of carbonyl (C=O) groups is 1.